The van der Waals surface area contributed by atoms with Crippen LogP contribution in [0.5, 0.6) is 0 Å². The van der Waals surface area contributed by atoms with Crippen molar-refractivity contribution in [3.8, 4) is 0 Å². The molecule has 2 heterocycles. The van der Waals surface area contributed by atoms with E-state index >= 15 is 0 Å². The van der Waals surface area contributed by atoms with Gasteiger partial charge in [0.2, 0.25) is 0 Å². The molecule has 0 saturated heterocycles. The monoisotopic (exact) mass is 450 g/mol. The summed E-state index contributed by atoms with van der Waals surface area (Å²) in [4.78, 5) is 12.4. The van der Waals surface area contributed by atoms with Crippen LogP contribution < -0.4 is 5.32 Å². The predicted octanol–water partition coefficient (Wildman–Crippen LogP) is 3.94. The van der Waals surface area contributed by atoms with Crippen molar-refractivity contribution in [2.45, 2.75) is 26.3 Å². The van der Waals surface area contributed by atoms with Gasteiger partial charge in [-0.1, -0.05) is 13.0 Å². The van der Waals surface area contributed by atoms with Crippen molar-refractivity contribution in [1.29, 1.82) is 0 Å². The molecule has 2 aromatic rings. The summed E-state index contributed by atoms with van der Waals surface area (Å²) in [6.07, 6.45) is 0. The maximum absolute atomic E-state index is 4.50. The summed E-state index contributed by atoms with van der Waals surface area (Å²) in [5, 5.41) is 8.77. The highest BCUT2D eigenvalue weighted by Gasteiger charge is 2.11. The van der Waals surface area contributed by atoms with Crippen LogP contribution in [0.2, 0.25) is 0 Å². The molecule has 0 aliphatic carbocycles. The first-order chi connectivity index (χ1) is 10.1. The van der Waals surface area contributed by atoms with Crippen molar-refractivity contribution < 1.29 is 0 Å². The molecule has 22 heavy (non-hydrogen) atoms. The summed E-state index contributed by atoms with van der Waals surface area (Å²) in [5.41, 5.74) is 1.09. The maximum Gasteiger partial charge on any atom is 0.193 e. The normalized spacial score (nSPS) is 12.6. The number of aromatic nitrogens is 1. The molecule has 7 heteroatoms. The summed E-state index contributed by atoms with van der Waals surface area (Å²) >= 11 is 3.49. The lowest BCUT2D eigenvalue weighted by atomic mass is 10.1. The molecule has 0 saturated carbocycles. The quantitative estimate of drug-likeness (QED) is 0.426. The van der Waals surface area contributed by atoms with Crippen molar-refractivity contribution in [3.05, 3.63) is 38.5 Å². The first-order valence-corrected chi connectivity index (χ1v) is 8.72. The minimum atomic E-state index is 0. The second-order valence-corrected chi connectivity index (χ2v) is 7.10. The summed E-state index contributed by atoms with van der Waals surface area (Å²) in [5.74, 6) is 1.39. The Hall–Kier alpha value is -0.670. The van der Waals surface area contributed by atoms with E-state index in [0.29, 0.717) is 5.92 Å². The number of aryl methyl sites for hydroxylation is 1. The molecule has 0 bridgehead atoms. The third kappa shape index (κ3) is 5.51. The van der Waals surface area contributed by atoms with E-state index in [1.54, 1.807) is 22.7 Å². The molecular weight excluding hydrogens is 427 g/mol. The molecule has 0 aromatic carbocycles. The molecule has 0 aliphatic heterocycles. The first kappa shape index (κ1) is 19.4. The zero-order valence-corrected chi connectivity index (χ0v) is 17.3. The second kappa shape index (κ2) is 9.46. The van der Waals surface area contributed by atoms with Gasteiger partial charge in [0, 0.05) is 36.8 Å². The highest BCUT2D eigenvalue weighted by atomic mass is 127. The van der Waals surface area contributed by atoms with Gasteiger partial charge in [0.05, 0.1) is 17.2 Å². The molecule has 1 N–H and O–H groups in total. The number of thiazole rings is 1. The highest BCUT2D eigenvalue weighted by molar-refractivity contribution is 14.0. The fourth-order valence-corrected chi connectivity index (χ4v) is 3.49. The van der Waals surface area contributed by atoms with Crippen LogP contribution >= 0.6 is 46.7 Å². The Bertz CT molecular complexity index is 580. The van der Waals surface area contributed by atoms with E-state index in [2.05, 4.69) is 50.0 Å². The molecule has 2 rings (SSSR count). The van der Waals surface area contributed by atoms with Crippen LogP contribution in [0, 0.1) is 6.92 Å². The van der Waals surface area contributed by atoms with E-state index in [0.717, 1.165) is 29.8 Å². The fraction of sp³-hybridized carbons (Fsp3) is 0.467. The van der Waals surface area contributed by atoms with Gasteiger partial charge >= 0.3 is 0 Å². The van der Waals surface area contributed by atoms with Crippen molar-refractivity contribution in [2.24, 2.45) is 4.99 Å². The van der Waals surface area contributed by atoms with E-state index in [1.165, 1.54) is 4.88 Å². The first-order valence-electron chi connectivity index (χ1n) is 6.96. The van der Waals surface area contributed by atoms with Crippen LogP contribution in [0.25, 0.3) is 0 Å². The fourth-order valence-electron chi connectivity index (χ4n) is 2.10. The smallest absolute Gasteiger partial charge is 0.193 e. The van der Waals surface area contributed by atoms with E-state index in [1.807, 2.05) is 21.0 Å². The lowest BCUT2D eigenvalue weighted by Gasteiger charge is -2.22. The number of rotatable bonds is 5. The van der Waals surface area contributed by atoms with Gasteiger partial charge in [0.1, 0.15) is 0 Å². The number of thiophene rings is 1. The van der Waals surface area contributed by atoms with Crippen molar-refractivity contribution in [3.63, 3.8) is 0 Å². The second-order valence-electron chi connectivity index (χ2n) is 5.06. The Kier molecular flexibility index (Phi) is 8.34. The van der Waals surface area contributed by atoms with Gasteiger partial charge in [-0.15, -0.1) is 46.7 Å². The maximum atomic E-state index is 4.50. The third-order valence-electron chi connectivity index (χ3n) is 3.23. The molecule has 0 amide bonds. The van der Waals surface area contributed by atoms with Crippen LogP contribution in [0.15, 0.2) is 27.9 Å². The molecule has 4 nitrogen and oxygen atoms in total. The van der Waals surface area contributed by atoms with Crippen LogP contribution in [0.4, 0.5) is 0 Å². The Balaban J connectivity index is 0.00000242. The van der Waals surface area contributed by atoms with Crippen LogP contribution in [0.3, 0.4) is 0 Å². The van der Waals surface area contributed by atoms with Crippen LogP contribution in [-0.4, -0.2) is 36.5 Å². The summed E-state index contributed by atoms with van der Waals surface area (Å²) in [7, 11) is 3.86. The lowest BCUT2D eigenvalue weighted by molar-refractivity contribution is 0.468. The Labute approximate surface area is 157 Å². The average Bonchev–Trinajstić information content (AvgIpc) is 3.11. The average molecular weight is 450 g/mol. The van der Waals surface area contributed by atoms with Gasteiger partial charge in [-0.3, -0.25) is 4.99 Å². The van der Waals surface area contributed by atoms with Crippen molar-refractivity contribution in [2.75, 3.05) is 20.6 Å². The molecular formula is C15H23IN4S2. The van der Waals surface area contributed by atoms with Crippen LogP contribution in [0.1, 0.15) is 28.4 Å². The van der Waals surface area contributed by atoms with E-state index < -0.39 is 0 Å². The Morgan fingerprint density at radius 2 is 2.23 bits per heavy atom. The zero-order valence-electron chi connectivity index (χ0n) is 13.4. The number of hydrogen-bond donors (Lipinski definition) is 1. The SMILES string of the molecule is CN=C(NCC(C)c1cccs1)N(C)Cc1csc(C)n1.I. The Morgan fingerprint density at radius 3 is 2.77 bits per heavy atom. The van der Waals surface area contributed by atoms with Gasteiger partial charge in [-0.2, -0.15) is 0 Å². The topological polar surface area (TPSA) is 40.5 Å². The summed E-state index contributed by atoms with van der Waals surface area (Å²) in [6, 6.07) is 4.28. The van der Waals surface area contributed by atoms with Crippen molar-refractivity contribution >= 4 is 52.6 Å². The molecule has 0 spiro atoms. The number of guanidine groups is 1. The number of halogens is 1. The standard InChI is InChI=1S/C15H22N4S2.HI/c1-11(14-6-5-7-20-14)8-17-15(16-3)19(4)9-13-10-21-12(2)18-13;/h5-7,10-11H,8-9H2,1-4H3,(H,16,17);1H. The predicted molar refractivity (Wildman–Crippen MR) is 108 cm³/mol. The molecule has 122 valence electrons. The molecule has 1 atom stereocenters. The highest BCUT2D eigenvalue weighted by Crippen LogP contribution is 2.19. The van der Waals surface area contributed by atoms with Gasteiger partial charge in [-0.05, 0) is 18.4 Å². The van der Waals surface area contributed by atoms with Gasteiger partial charge in [0.25, 0.3) is 0 Å². The number of nitrogens with zero attached hydrogens (tertiary/aromatic N) is 3. The minimum Gasteiger partial charge on any atom is -0.356 e. The number of aliphatic imine (C=N–C) groups is 1. The third-order valence-corrected chi connectivity index (χ3v) is 5.16. The molecule has 0 fully saturated rings. The molecule has 2 aromatic heterocycles. The number of nitrogens with one attached hydrogen (secondary N) is 1. The zero-order chi connectivity index (χ0) is 15.2. The van der Waals surface area contributed by atoms with E-state index in [-0.39, 0.29) is 24.0 Å². The molecule has 0 radical (unpaired) electrons. The molecule has 1 unspecified atom stereocenters. The summed E-state index contributed by atoms with van der Waals surface area (Å²) in [6.45, 7) is 5.92. The minimum absolute atomic E-state index is 0. The van der Waals surface area contributed by atoms with Crippen LogP contribution in [-0.2, 0) is 6.54 Å². The van der Waals surface area contributed by atoms with Gasteiger partial charge in [-0.25, -0.2) is 4.98 Å². The van der Waals surface area contributed by atoms with Gasteiger partial charge in [0.15, 0.2) is 5.96 Å². The van der Waals surface area contributed by atoms with Gasteiger partial charge < -0.3 is 10.2 Å². The van der Waals surface area contributed by atoms with Crippen molar-refractivity contribution in [1.82, 2.24) is 15.2 Å². The summed E-state index contributed by atoms with van der Waals surface area (Å²) < 4.78 is 0. The van der Waals surface area contributed by atoms with E-state index in [4.69, 9.17) is 0 Å². The largest absolute Gasteiger partial charge is 0.356 e. The number of hydrogen-bond acceptors (Lipinski definition) is 4. The molecule has 0 aliphatic rings. The Morgan fingerprint density at radius 1 is 1.45 bits per heavy atom. The lowest BCUT2D eigenvalue weighted by Crippen LogP contribution is -2.40. The van der Waals surface area contributed by atoms with E-state index in [9.17, 15) is 0 Å².